The van der Waals surface area contributed by atoms with Crippen LogP contribution in [0.25, 0.3) is 34.3 Å². The second-order valence-corrected chi connectivity index (χ2v) is 11.3. The van der Waals surface area contributed by atoms with E-state index in [4.69, 9.17) is 17.0 Å². The fourth-order valence-electron chi connectivity index (χ4n) is 5.67. The number of aryl methyl sites for hydroxylation is 2. The normalized spacial score (nSPS) is 14.0. The molecule has 46 heavy (non-hydrogen) atoms. The van der Waals surface area contributed by atoms with Crippen molar-refractivity contribution in [2.45, 2.75) is 20.8 Å². The van der Waals surface area contributed by atoms with Crippen LogP contribution in [0.1, 0.15) is 34.0 Å². The predicted octanol–water partition coefficient (Wildman–Crippen LogP) is 7.44. The van der Waals surface area contributed by atoms with E-state index < -0.39 is 17.8 Å². The topological polar surface area (TPSA) is 80.6 Å². The minimum absolute atomic E-state index is 0.0339. The van der Waals surface area contributed by atoms with Crippen LogP contribution in [0.3, 0.4) is 0 Å². The number of anilines is 1. The fraction of sp³-hybridized carbons (Fsp3) is 0.105. The zero-order valence-corrected chi connectivity index (χ0v) is 26.4. The van der Waals surface area contributed by atoms with Gasteiger partial charge in [-0.1, -0.05) is 78.4 Å². The molecule has 0 saturated carbocycles. The molecule has 1 aromatic heterocycles. The van der Waals surface area contributed by atoms with E-state index in [1.807, 2.05) is 111 Å². The Bertz CT molecular complexity index is 2010. The Morgan fingerprint density at radius 1 is 0.848 bits per heavy atom. The lowest BCUT2D eigenvalue weighted by molar-refractivity contribution is -0.122. The van der Waals surface area contributed by atoms with Gasteiger partial charge in [0.25, 0.3) is 11.8 Å². The van der Waals surface area contributed by atoms with Gasteiger partial charge in [-0.15, -0.1) is 0 Å². The summed E-state index contributed by atoms with van der Waals surface area (Å²) in [5, 5.41) is 2.75. The monoisotopic (exact) mass is 625 g/mol. The zero-order valence-electron chi connectivity index (χ0n) is 25.6. The maximum absolute atomic E-state index is 14.1. The van der Waals surface area contributed by atoms with Gasteiger partial charge in [0.15, 0.2) is 5.11 Å². The molecule has 5 aromatic rings. The Labute approximate surface area is 272 Å². The second-order valence-electron chi connectivity index (χ2n) is 10.9. The molecule has 1 fully saturated rings. The maximum atomic E-state index is 14.1. The summed E-state index contributed by atoms with van der Waals surface area (Å²) < 4.78 is 7.27. The molecule has 2 amide bonds. The van der Waals surface area contributed by atoms with Gasteiger partial charge in [-0.3, -0.25) is 19.8 Å². The molecule has 6 rings (SSSR count). The van der Waals surface area contributed by atoms with E-state index in [0.29, 0.717) is 16.8 Å². The number of hydrogen-bond donors (Lipinski definition) is 1. The number of esters is 1. The number of thiocarbonyl (C=S) groups is 1. The summed E-state index contributed by atoms with van der Waals surface area (Å²) in [6, 6.07) is 34.5. The summed E-state index contributed by atoms with van der Waals surface area (Å²) in [6.45, 7) is 5.94. The highest BCUT2D eigenvalue weighted by Crippen LogP contribution is 2.38. The number of nitrogens with one attached hydrogen (secondary N) is 1. The molecule has 8 heteroatoms. The van der Waals surface area contributed by atoms with Crippen LogP contribution in [0.2, 0.25) is 0 Å². The number of nitrogens with zero attached hydrogens (tertiary/aromatic N) is 2. The number of carbonyl (C=O) groups excluding carboxylic acids is 3. The number of benzene rings is 4. The highest BCUT2D eigenvalue weighted by molar-refractivity contribution is 7.80. The Morgan fingerprint density at radius 2 is 1.50 bits per heavy atom. The van der Waals surface area contributed by atoms with E-state index in [2.05, 4.69) is 9.88 Å². The third-order valence-electron chi connectivity index (χ3n) is 7.78. The highest BCUT2D eigenvalue weighted by Gasteiger charge is 2.35. The molecule has 228 valence electrons. The third-order valence-corrected chi connectivity index (χ3v) is 8.06. The second kappa shape index (κ2) is 12.8. The molecule has 1 aliphatic rings. The van der Waals surface area contributed by atoms with Crippen LogP contribution >= 0.6 is 12.2 Å². The molecule has 0 spiro atoms. The molecule has 1 N–H and O–H groups in total. The minimum atomic E-state index is -0.567. The Morgan fingerprint density at radius 3 is 2.13 bits per heavy atom. The van der Waals surface area contributed by atoms with E-state index in [0.717, 1.165) is 39.3 Å². The van der Waals surface area contributed by atoms with Gasteiger partial charge >= 0.3 is 5.97 Å². The summed E-state index contributed by atoms with van der Waals surface area (Å²) in [7, 11) is 0. The van der Waals surface area contributed by atoms with Gasteiger partial charge in [-0.05, 0) is 92.2 Å². The summed E-state index contributed by atoms with van der Waals surface area (Å²) in [5.41, 5.74) is 7.76. The average Bonchev–Trinajstić information content (AvgIpc) is 3.44. The predicted molar refractivity (Wildman–Crippen MR) is 185 cm³/mol. The van der Waals surface area contributed by atoms with Crippen molar-refractivity contribution in [1.29, 1.82) is 0 Å². The van der Waals surface area contributed by atoms with Crippen LogP contribution < -0.4 is 10.2 Å². The third kappa shape index (κ3) is 5.78. The molecule has 4 aromatic carbocycles. The molecular formula is C38H31N3O4S. The van der Waals surface area contributed by atoms with E-state index in [-0.39, 0.29) is 17.3 Å². The molecule has 7 nitrogen and oxygen atoms in total. The van der Waals surface area contributed by atoms with Gasteiger partial charge in [-0.25, -0.2) is 4.79 Å². The lowest BCUT2D eigenvalue weighted by Crippen LogP contribution is -2.54. The van der Waals surface area contributed by atoms with Crippen LogP contribution in [0.15, 0.2) is 115 Å². The zero-order chi connectivity index (χ0) is 32.4. The quantitative estimate of drug-likeness (QED) is 0.0881. The number of ether oxygens (including phenoxy) is 1. The molecular weight excluding hydrogens is 595 g/mol. The first-order chi connectivity index (χ1) is 22.3. The number of rotatable bonds is 7. The van der Waals surface area contributed by atoms with Crippen LogP contribution in [0.5, 0.6) is 0 Å². The highest BCUT2D eigenvalue weighted by atomic mass is 32.1. The van der Waals surface area contributed by atoms with Gasteiger partial charge in [0.2, 0.25) is 0 Å². The lowest BCUT2D eigenvalue weighted by atomic mass is 10.0. The molecule has 1 saturated heterocycles. The van der Waals surface area contributed by atoms with Crippen molar-refractivity contribution >= 4 is 46.9 Å². The molecule has 0 aliphatic carbocycles. The Hall–Kier alpha value is -5.60. The first-order valence-electron chi connectivity index (χ1n) is 14.9. The van der Waals surface area contributed by atoms with Crippen molar-refractivity contribution in [1.82, 2.24) is 9.88 Å². The summed E-state index contributed by atoms with van der Waals surface area (Å²) in [4.78, 5) is 41.3. The molecule has 0 radical (unpaired) electrons. The van der Waals surface area contributed by atoms with Crippen molar-refractivity contribution in [3.05, 3.63) is 137 Å². The molecule has 0 atom stereocenters. The number of carbonyl (C=O) groups is 3. The van der Waals surface area contributed by atoms with Crippen LogP contribution in [0, 0.1) is 13.8 Å². The van der Waals surface area contributed by atoms with Gasteiger partial charge in [0, 0.05) is 11.3 Å². The molecule has 2 heterocycles. The summed E-state index contributed by atoms with van der Waals surface area (Å²) >= 11 is 5.48. The standard InChI is InChI=1S/C38H31N3O4S/c1-4-45-37(44)28-16-18-30(19-17-28)40-33(26-11-7-5-8-12-26)23-29(34(40)27-13-9-6-10-14-27)22-31-35(42)39-38(46)41(36(31)43)32-20-15-24(2)21-25(32)3/h5-23H,4H2,1-3H3,(H,39,42,46)/b31-22-. The first-order valence-corrected chi connectivity index (χ1v) is 15.3. The number of aromatic nitrogens is 1. The molecule has 0 unspecified atom stereocenters. The van der Waals surface area contributed by atoms with E-state index in [1.54, 1.807) is 25.1 Å². The minimum Gasteiger partial charge on any atom is -0.462 e. The first kappa shape index (κ1) is 30.4. The van der Waals surface area contributed by atoms with Gasteiger partial charge in [-0.2, -0.15) is 0 Å². The molecule has 1 aliphatic heterocycles. The number of amides is 2. The van der Waals surface area contributed by atoms with Crippen molar-refractivity contribution in [3.8, 4) is 28.2 Å². The molecule has 0 bridgehead atoms. The smallest absolute Gasteiger partial charge is 0.338 e. The van der Waals surface area contributed by atoms with Crippen molar-refractivity contribution < 1.29 is 19.1 Å². The van der Waals surface area contributed by atoms with Crippen LogP contribution in [-0.2, 0) is 14.3 Å². The van der Waals surface area contributed by atoms with E-state index in [9.17, 15) is 14.4 Å². The van der Waals surface area contributed by atoms with Crippen LogP contribution in [0.4, 0.5) is 5.69 Å². The average molecular weight is 626 g/mol. The van der Waals surface area contributed by atoms with E-state index >= 15 is 0 Å². The largest absolute Gasteiger partial charge is 0.462 e. The number of hydrogen-bond acceptors (Lipinski definition) is 5. The van der Waals surface area contributed by atoms with Crippen LogP contribution in [-0.4, -0.2) is 34.1 Å². The lowest BCUT2D eigenvalue weighted by Gasteiger charge is -2.30. The maximum Gasteiger partial charge on any atom is 0.338 e. The van der Waals surface area contributed by atoms with Crippen molar-refractivity contribution in [3.63, 3.8) is 0 Å². The van der Waals surface area contributed by atoms with Gasteiger partial charge < -0.3 is 9.30 Å². The van der Waals surface area contributed by atoms with Gasteiger partial charge in [0.1, 0.15) is 5.57 Å². The summed E-state index contributed by atoms with van der Waals surface area (Å²) in [5.74, 6) is -1.47. The SMILES string of the molecule is CCOC(=O)c1ccc(-n2c(-c3ccccc3)cc(/C=C3/C(=O)NC(=S)N(c4ccc(C)cc4C)C3=O)c2-c2ccccc2)cc1. The Balaban J connectivity index is 1.57. The summed E-state index contributed by atoms with van der Waals surface area (Å²) in [6.07, 6.45) is 1.63. The van der Waals surface area contributed by atoms with E-state index in [1.165, 1.54) is 4.90 Å². The Kier molecular flexibility index (Phi) is 8.46. The fourth-order valence-corrected chi connectivity index (χ4v) is 5.94. The van der Waals surface area contributed by atoms with Gasteiger partial charge in [0.05, 0.1) is 29.2 Å². The van der Waals surface area contributed by atoms with Crippen molar-refractivity contribution in [2.75, 3.05) is 11.5 Å². The van der Waals surface area contributed by atoms with Crippen molar-refractivity contribution in [2.24, 2.45) is 0 Å².